The molecule has 2 amide bonds. The molecular formula is C29H27N5O3. The Bertz CT molecular complexity index is 1540. The Balaban J connectivity index is 1.51. The number of hydrogen-bond donors (Lipinski definition) is 1. The first kappa shape index (κ1) is 22.7. The molecule has 8 nitrogen and oxygen atoms in total. The molecule has 6 rings (SSSR count). The Morgan fingerprint density at radius 3 is 2.73 bits per heavy atom. The van der Waals surface area contributed by atoms with E-state index in [1.165, 1.54) is 0 Å². The van der Waals surface area contributed by atoms with Crippen LogP contribution in [0.25, 0.3) is 11.5 Å². The van der Waals surface area contributed by atoms with Crippen LogP contribution in [0, 0.1) is 6.92 Å². The number of carbonyl (C=O) groups excluding carboxylic acids is 1. The highest BCUT2D eigenvalue weighted by Gasteiger charge is 2.36. The summed E-state index contributed by atoms with van der Waals surface area (Å²) in [5, 5.41) is 7.94. The van der Waals surface area contributed by atoms with Crippen molar-refractivity contribution in [3.05, 3.63) is 120 Å². The summed E-state index contributed by atoms with van der Waals surface area (Å²) >= 11 is 0. The molecule has 1 atom stereocenters. The summed E-state index contributed by atoms with van der Waals surface area (Å²) in [7, 11) is 1.65. The maximum atomic E-state index is 13.8. The molecule has 1 aliphatic rings. The number of ether oxygens (including phenoxy) is 1. The van der Waals surface area contributed by atoms with Crippen molar-refractivity contribution in [2.45, 2.75) is 26.1 Å². The van der Waals surface area contributed by atoms with Gasteiger partial charge in [0.2, 0.25) is 0 Å². The number of hydrogen-bond acceptors (Lipinski definition) is 4. The van der Waals surface area contributed by atoms with E-state index < -0.39 is 0 Å². The molecule has 0 bridgehead atoms. The summed E-state index contributed by atoms with van der Waals surface area (Å²) < 4.78 is 15.1. The van der Waals surface area contributed by atoms with Crippen molar-refractivity contribution in [3.8, 4) is 17.3 Å². The molecule has 0 aliphatic carbocycles. The number of aryl methyl sites for hydroxylation is 1. The van der Waals surface area contributed by atoms with E-state index in [9.17, 15) is 4.79 Å². The largest absolute Gasteiger partial charge is 0.497 e. The normalized spacial score (nSPS) is 14.5. The van der Waals surface area contributed by atoms with Crippen molar-refractivity contribution in [1.29, 1.82) is 0 Å². The second kappa shape index (κ2) is 9.39. The zero-order valence-corrected chi connectivity index (χ0v) is 20.7. The number of benzene rings is 2. The average Bonchev–Trinajstić information content (AvgIpc) is 3.67. The van der Waals surface area contributed by atoms with E-state index in [0.717, 1.165) is 39.8 Å². The first-order valence-electron chi connectivity index (χ1n) is 12.2. The zero-order valence-electron chi connectivity index (χ0n) is 20.7. The maximum Gasteiger partial charge on any atom is 0.318 e. The fourth-order valence-corrected chi connectivity index (χ4v) is 4.99. The van der Waals surface area contributed by atoms with Gasteiger partial charge < -0.3 is 23.9 Å². The van der Waals surface area contributed by atoms with Gasteiger partial charge in [-0.1, -0.05) is 30.3 Å². The van der Waals surface area contributed by atoms with Crippen LogP contribution >= 0.6 is 0 Å². The van der Waals surface area contributed by atoms with E-state index in [4.69, 9.17) is 14.3 Å². The smallest absolute Gasteiger partial charge is 0.318 e. The molecule has 0 fully saturated rings. The van der Waals surface area contributed by atoms with Crippen molar-refractivity contribution in [2.75, 3.05) is 7.11 Å². The van der Waals surface area contributed by atoms with Gasteiger partial charge in [0.05, 0.1) is 49.6 Å². The highest BCUT2D eigenvalue weighted by molar-refractivity contribution is 5.76. The first-order chi connectivity index (χ1) is 18.1. The number of amides is 2. The van der Waals surface area contributed by atoms with Crippen LogP contribution in [0.5, 0.6) is 5.75 Å². The van der Waals surface area contributed by atoms with Gasteiger partial charge in [0.25, 0.3) is 0 Å². The average molecular weight is 494 g/mol. The standard InChI is InChI=1S/C29H27N5O3/c1-20-25-19-33(29(35)30-18-24-13-8-16-37-24)27(21-9-6-12-23(17-21)36-2)26-14-7-15-32(26)28(25)34(31-20)22-10-4-3-5-11-22/h3-17,27H,18-19H2,1-2H3,(H,30,35)/t27-/m0/s1. The fraction of sp³-hybridized carbons (Fsp3) is 0.172. The van der Waals surface area contributed by atoms with Gasteiger partial charge in [-0.25, -0.2) is 9.48 Å². The van der Waals surface area contributed by atoms with Gasteiger partial charge in [-0.3, -0.25) is 0 Å². The molecule has 5 aromatic rings. The summed E-state index contributed by atoms with van der Waals surface area (Å²) in [6.45, 7) is 2.66. The number of para-hydroxylation sites is 1. The second-order valence-corrected chi connectivity index (χ2v) is 8.98. The molecule has 2 aromatic carbocycles. The molecule has 4 heterocycles. The number of nitrogens with one attached hydrogen (secondary N) is 1. The number of aromatic nitrogens is 3. The van der Waals surface area contributed by atoms with Crippen LogP contribution in [0.2, 0.25) is 0 Å². The minimum Gasteiger partial charge on any atom is -0.497 e. The number of nitrogens with zero attached hydrogens (tertiary/aromatic N) is 4. The predicted octanol–water partition coefficient (Wildman–Crippen LogP) is 5.39. The van der Waals surface area contributed by atoms with Crippen LogP contribution in [-0.4, -0.2) is 32.4 Å². The molecule has 0 unspecified atom stereocenters. The molecule has 37 heavy (non-hydrogen) atoms. The van der Waals surface area contributed by atoms with Gasteiger partial charge in [-0.05, 0) is 61.0 Å². The van der Waals surface area contributed by atoms with E-state index in [2.05, 4.69) is 16.0 Å². The fourth-order valence-electron chi connectivity index (χ4n) is 4.99. The number of fused-ring (bicyclic) bond motifs is 3. The van der Waals surface area contributed by atoms with Crippen LogP contribution in [0.3, 0.4) is 0 Å². The van der Waals surface area contributed by atoms with Gasteiger partial charge in [0.15, 0.2) is 0 Å². The molecule has 3 aromatic heterocycles. The topological polar surface area (TPSA) is 77.5 Å². The summed E-state index contributed by atoms with van der Waals surface area (Å²) in [4.78, 5) is 15.7. The Morgan fingerprint density at radius 1 is 1.08 bits per heavy atom. The summed E-state index contributed by atoms with van der Waals surface area (Å²) in [5.41, 5.74) is 4.72. The lowest BCUT2D eigenvalue weighted by Crippen LogP contribution is -2.41. The Hall–Kier alpha value is -4.72. The molecular weight excluding hydrogens is 466 g/mol. The lowest BCUT2D eigenvalue weighted by Gasteiger charge is -2.31. The number of rotatable bonds is 5. The van der Waals surface area contributed by atoms with E-state index in [1.807, 2.05) is 95.5 Å². The quantitative estimate of drug-likeness (QED) is 0.356. The van der Waals surface area contributed by atoms with Crippen LogP contribution in [-0.2, 0) is 13.1 Å². The van der Waals surface area contributed by atoms with Crippen molar-refractivity contribution in [2.24, 2.45) is 0 Å². The van der Waals surface area contributed by atoms with Crippen molar-refractivity contribution in [3.63, 3.8) is 0 Å². The van der Waals surface area contributed by atoms with E-state index in [1.54, 1.807) is 13.4 Å². The second-order valence-electron chi connectivity index (χ2n) is 8.98. The van der Waals surface area contributed by atoms with Crippen LogP contribution in [0.1, 0.15) is 34.3 Å². The third-order valence-electron chi connectivity index (χ3n) is 6.75. The van der Waals surface area contributed by atoms with Gasteiger partial charge in [-0.2, -0.15) is 5.10 Å². The number of urea groups is 1. The summed E-state index contributed by atoms with van der Waals surface area (Å²) in [5.74, 6) is 2.36. The monoisotopic (exact) mass is 493 g/mol. The lowest BCUT2D eigenvalue weighted by molar-refractivity contribution is 0.179. The zero-order chi connectivity index (χ0) is 25.4. The first-order valence-corrected chi connectivity index (χ1v) is 12.2. The molecule has 0 saturated carbocycles. The van der Waals surface area contributed by atoms with Crippen molar-refractivity contribution < 1.29 is 13.9 Å². The summed E-state index contributed by atoms with van der Waals surface area (Å²) in [6.07, 6.45) is 3.64. The molecule has 1 N–H and O–H groups in total. The highest BCUT2D eigenvalue weighted by Crippen LogP contribution is 2.39. The lowest BCUT2D eigenvalue weighted by atomic mass is 10.0. The number of carbonyl (C=O) groups is 1. The van der Waals surface area contributed by atoms with Gasteiger partial charge >= 0.3 is 6.03 Å². The summed E-state index contributed by atoms with van der Waals surface area (Å²) in [6, 6.07) is 25.1. The van der Waals surface area contributed by atoms with Gasteiger partial charge in [0.1, 0.15) is 17.3 Å². The molecule has 0 spiro atoms. The molecule has 186 valence electrons. The van der Waals surface area contributed by atoms with E-state index in [-0.39, 0.29) is 12.1 Å². The molecule has 0 saturated heterocycles. The van der Waals surface area contributed by atoms with Gasteiger partial charge in [-0.15, -0.1) is 0 Å². The maximum absolute atomic E-state index is 13.8. The van der Waals surface area contributed by atoms with Crippen LogP contribution in [0.15, 0.2) is 95.7 Å². The Morgan fingerprint density at radius 2 is 1.95 bits per heavy atom. The van der Waals surface area contributed by atoms with Crippen LogP contribution in [0.4, 0.5) is 4.79 Å². The van der Waals surface area contributed by atoms with Gasteiger partial charge in [0, 0.05) is 11.8 Å². The molecule has 0 radical (unpaired) electrons. The third kappa shape index (κ3) is 4.06. The minimum atomic E-state index is -0.363. The highest BCUT2D eigenvalue weighted by atomic mass is 16.5. The van der Waals surface area contributed by atoms with Crippen molar-refractivity contribution >= 4 is 6.03 Å². The van der Waals surface area contributed by atoms with E-state index in [0.29, 0.717) is 18.8 Å². The number of methoxy groups -OCH3 is 1. The molecule has 8 heteroatoms. The Labute approximate surface area is 214 Å². The third-order valence-corrected chi connectivity index (χ3v) is 6.75. The SMILES string of the molecule is COc1cccc([C@H]2c3cccn3-c3c(c(C)nn3-c3ccccc3)CN2C(=O)NCc2ccco2)c1. The van der Waals surface area contributed by atoms with Crippen LogP contribution < -0.4 is 10.1 Å². The number of furan rings is 1. The predicted molar refractivity (Wildman–Crippen MR) is 139 cm³/mol. The van der Waals surface area contributed by atoms with E-state index >= 15 is 0 Å². The minimum absolute atomic E-state index is 0.198. The van der Waals surface area contributed by atoms with Crippen molar-refractivity contribution in [1.82, 2.24) is 24.6 Å². The molecule has 1 aliphatic heterocycles. The Kier molecular flexibility index (Phi) is 5.76.